The maximum Gasteiger partial charge on any atom is 0.159 e. The number of aromatic nitrogens is 1. The Labute approximate surface area is 403 Å². The summed E-state index contributed by atoms with van der Waals surface area (Å²) in [6.45, 7) is 4.52. The molecule has 14 aromatic rings. The number of fused-ring (bicyclic) bond motifs is 7. The third-order valence-corrected chi connectivity index (χ3v) is 14.7. The molecule has 0 spiro atoms. The summed E-state index contributed by atoms with van der Waals surface area (Å²) in [5, 5.41) is 12.1. The Morgan fingerprint density at radius 2 is 1.04 bits per heavy atom. The lowest BCUT2D eigenvalue weighted by Gasteiger charge is -2.29. The van der Waals surface area contributed by atoms with Crippen molar-refractivity contribution in [3.05, 3.63) is 241 Å². The van der Waals surface area contributed by atoms with Crippen LogP contribution in [0.4, 0.5) is 21.5 Å². The summed E-state index contributed by atoms with van der Waals surface area (Å²) in [5.41, 5.74) is 15.2. The second-order valence-electron chi connectivity index (χ2n) is 18.6. The molecule has 2 heterocycles. The Hall–Kier alpha value is -8.99. The molecular weight excluding hydrogens is 856 g/mol. The lowest BCUT2D eigenvalue weighted by molar-refractivity contribution is 0.629. The van der Waals surface area contributed by atoms with Crippen molar-refractivity contribution >= 4 is 93.1 Å². The van der Waals surface area contributed by atoms with Gasteiger partial charge in [-0.05, 0) is 140 Å². The van der Waals surface area contributed by atoms with E-state index in [-0.39, 0.29) is 5.82 Å². The van der Waals surface area contributed by atoms with Crippen LogP contribution in [0.1, 0.15) is 11.1 Å². The van der Waals surface area contributed by atoms with Gasteiger partial charge in [0, 0.05) is 38.5 Å². The van der Waals surface area contributed by atoms with Gasteiger partial charge in [-0.3, -0.25) is 0 Å². The molecule has 0 aliphatic carbocycles. The molecule has 14 rings (SSSR count). The van der Waals surface area contributed by atoms with E-state index in [1.54, 1.807) is 6.07 Å². The molecule has 0 radical (unpaired) electrons. The van der Waals surface area contributed by atoms with Gasteiger partial charge in [-0.25, -0.2) is 4.39 Å². The van der Waals surface area contributed by atoms with Crippen LogP contribution in [0.25, 0.3) is 115 Å². The lowest BCUT2D eigenvalue weighted by Crippen LogP contribution is -2.13. The number of halogens is 1. The lowest BCUT2D eigenvalue weighted by atomic mass is 9.85. The second-order valence-corrected chi connectivity index (χ2v) is 18.6. The first-order chi connectivity index (χ1) is 34.5. The molecule has 0 fully saturated rings. The Morgan fingerprint density at radius 3 is 1.83 bits per heavy atom. The minimum Gasteiger partial charge on any atom is -0.454 e. The van der Waals surface area contributed by atoms with Crippen LogP contribution in [-0.4, -0.2) is 4.57 Å². The van der Waals surface area contributed by atoms with Crippen molar-refractivity contribution in [2.45, 2.75) is 13.8 Å². The highest BCUT2D eigenvalue weighted by Crippen LogP contribution is 2.50. The molecule has 0 saturated heterocycles. The van der Waals surface area contributed by atoms with Crippen LogP contribution in [0, 0.1) is 19.7 Å². The average Bonchev–Trinajstić information content (AvgIpc) is 3.98. The second kappa shape index (κ2) is 15.5. The van der Waals surface area contributed by atoms with E-state index in [0.717, 1.165) is 66.8 Å². The average molecular weight is 899 g/mol. The zero-order valence-corrected chi connectivity index (χ0v) is 38.5. The van der Waals surface area contributed by atoms with Crippen molar-refractivity contribution in [3.8, 4) is 39.1 Å². The zero-order chi connectivity index (χ0) is 46.6. The molecule has 0 unspecified atom stereocenters. The molecule has 2 aromatic heterocycles. The minimum absolute atomic E-state index is 0.337. The van der Waals surface area contributed by atoms with E-state index >= 15 is 4.39 Å². The smallest absolute Gasteiger partial charge is 0.159 e. The van der Waals surface area contributed by atoms with Gasteiger partial charge in [0.25, 0.3) is 0 Å². The fourth-order valence-electron chi connectivity index (χ4n) is 11.6. The monoisotopic (exact) mass is 898 g/mol. The SMILES string of the molecule is Cc1cc(-c2ccc(N(c3c(F)cc(-c4ccccc4)cc3-c3ccccc3)c3cccc4c3oc3ccccc34)cc2)c2ccc3c(C)c4c(c5ccc1c2c35)c1ccccc1n4-c1ccccc1. The van der Waals surface area contributed by atoms with Crippen molar-refractivity contribution in [1.82, 2.24) is 4.57 Å². The number of benzene rings is 12. The molecule has 3 nitrogen and oxygen atoms in total. The largest absolute Gasteiger partial charge is 0.454 e. The number of aryl methyl sites for hydroxylation is 2. The summed E-state index contributed by atoms with van der Waals surface area (Å²) in [4.78, 5) is 2.05. The highest BCUT2D eigenvalue weighted by atomic mass is 19.1. The van der Waals surface area contributed by atoms with Crippen molar-refractivity contribution in [2.75, 3.05) is 4.90 Å². The van der Waals surface area contributed by atoms with E-state index < -0.39 is 0 Å². The normalized spacial score (nSPS) is 11.9. The van der Waals surface area contributed by atoms with Gasteiger partial charge in [-0.15, -0.1) is 0 Å². The van der Waals surface area contributed by atoms with E-state index in [1.165, 1.54) is 65.3 Å². The fourth-order valence-corrected chi connectivity index (χ4v) is 11.6. The van der Waals surface area contributed by atoms with Crippen LogP contribution in [0.5, 0.6) is 0 Å². The van der Waals surface area contributed by atoms with Crippen LogP contribution in [0.15, 0.2) is 229 Å². The van der Waals surface area contributed by atoms with E-state index in [4.69, 9.17) is 4.42 Å². The molecule has 0 aliphatic rings. The maximum absolute atomic E-state index is 17.7. The number of rotatable bonds is 7. The van der Waals surface area contributed by atoms with Gasteiger partial charge in [0.2, 0.25) is 0 Å². The standard InChI is InChI=1S/C66H43FN2O/c1-40-37-55(51-35-34-49-41(2)64-63(54-36-33-48(40)61(51)62(49)54)53-24-12-14-26-58(53)68(64)46-21-10-5-11-22-46)44-29-31-47(32-30-44)69(59-27-16-25-52-50-23-13-15-28-60(50)70-66(52)59)65-56(43-19-8-4-9-20-43)38-45(39-57(65)67)42-17-6-3-7-18-42/h3-39H,1-2H3. The first-order valence-electron chi connectivity index (χ1n) is 23.9. The van der Waals surface area contributed by atoms with Gasteiger partial charge < -0.3 is 13.9 Å². The topological polar surface area (TPSA) is 21.3 Å². The summed E-state index contributed by atoms with van der Waals surface area (Å²) in [7, 11) is 0. The van der Waals surface area contributed by atoms with Crippen LogP contribution in [-0.2, 0) is 0 Å². The highest BCUT2D eigenvalue weighted by molar-refractivity contribution is 6.35. The third kappa shape index (κ3) is 5.93. The molecular formula is C66H43FN2O. The van der Waals surface area contributed by atoms with Gasteiger partial charge in [-0.1, -0.05) is 170 Å². The van der Waals surface area contributed by atoms with Crippen molar-refractivity contribution < 1.29 is 8.81 Å². The number of furan rings is 1. The van der Waals surface area contributed by atoms with Gasteiger partial charge >= 0.3 is 0 Å². The number of hydrogen-bond acceptors (Lipinski definition) is 2. The molecule has 0 saturated carbocycles. The summed E-state index contributed by atoms with van der Waals surface area (Å²) < 4.78 is 26.9. The molecule has 4 heteroatoms. The number of para-hydroxylation sites is 4. The van der Waals surface area contributed by atoms with Crippen molar-refractivity contribution in [3.63, 3.8) is 0 Å². The Bertz CT molecular complexity index is 4360. The van der Waals surface area contributed by atoms with Gasteiger partial charge in [0.15, 0.2) is 5.58 Å². The van der Waals surface area contributed by atoms with Crippen LogP contribution in [0.3, 0.4) is 0 Å². The molecule has 0 aliphatic heterocycles. The zero-order valence-electron chi connectivity index (χ0n) is 38.5. The molecule has 0 N–H and O–H groups in total. The first-order valence-corrected chi connectivity index (χ1v) is 23.9. The maximum atomic E-state index is 17.7. The number of hydrogen-bond donors (Lipinski definition) is 0. The molecule has 330 valence electrons. The number of nitrogens with zero attached hydrogens (tertiary/aromatic N) is 2. The van der Waals surface area contributed by atoms with E-state index in [1.807, 2.05) is 78.9 Å². The molecule has 70 heavy (non-hydrogen) atoms. The van der Waals surface area contributed by atoms with Gasteiger partial charge in [0.1, 0.15) is 11.4 Å². The van der Waals surface area contributed by atoms with E-state index in [2.05, 4.69) is 163 Å². The predicted octanol–water partition coefficient (Wildman–Crippen LogP) is 18.8. The predicted molar refractivity (Wildman–Crippen MR) is 292 cm³/mol. The molecule has 0 bridgehead atoms. The van der Waals surface area contributed by atoms with Crippen molar-refractivity contribution in [2.24, 2.45) is 0 Å². The van der Waals surface area contributed by atoms with Crippen LogP contribution < -0.4 is 4.90 Å². The van der Waals surface area contributed by atoms with Crippen molar-refractivity contribution in [1.29, 1.82) is 0 Å². The Balaban J connectivity index is 0.991. The summed E-state index contributed by atoms with van der Waals surface area (Å²) in [6.07, 6.45) is 0. The molecule has 0 atom stereocenters. The summed E-state index contributed by atoms with van der Waals surface area (Å²) in [5.74, 6) is -0.337. The molecule has 0 amide bonds. The first kappa shape index (κ1) is 40.1. The van der Waals surface area contributed by atoms with E-state index in [0.29, 0.717) is 11.3 Å². The highest BCUT2D eigenvalue weighted by Gasteiger charge is 2.27. The quantitative estimate of drug-likeness (QED) is 0.149. The van der Waals surface area contributed by atoms with E-state index in [9.17, 15) is 0 Å². The summed E-state index contributed by atoms with van der Waals surface area (Å²) in [6, 6.07) is 78.1. The summed E-state index contributed by atoms with van der Waals surface area (Å²) >= 11 is 0. The third-order valence-electron chi connectivity index (χ3n) is 14.7. The van der Waals surface area contributed by atoms with Gasteiger partial charge in [-0.2, -0.15) is 0 Å². The Morgan fingerprint density at radius 1 is 0.429 bits per heavy atom. The van der Waals surface area contributed by atoms with Gasteiger partial charge in [0.05, 0.1) is 22.4 Å². The van der Waals surface area contributed by atoms with Crippen LogP contribution in [0.2, 0.25) is 0 Å². The fraction of sp³-hybridized carbons (Fsp3) is 0.0303. The Kier molecular flexibility index (Phi) is 8.90. The van der Waals surface area contributed by atoms with Crippen LogP contribution >= 0.6 is 0 Å². The minimum atomic E-state index is -0.337. The molecule has 12 aromatic carbocycles. The number of anilines is 3.